The molecule has 1 aromatic carbocycles. The second-order valence-electron chi connectivity index (χ2n) is 4.57. The Labute approximate surface area is 104 Å². The molecular formula is C13H16F3NO. The predicted octanol–water partition coefficient (Wildman–Crippen LogP) is 2.79. The van der Waals surface area contributed by atoms with E-state index in [1.165, 1.54) is 6.07 Å². The maximum absolute atomic E-state index is 13.7. The van der Waals surface area contributed by atoms with E-state index in [0.717, 1.165) is 12.5 Å². The lowest BCUT2D eigenvalue weighted by atomic mass is 9.94. The topological polar surface area (TPSA) is 21.3 Å². The molecule has 18 heavy (non-hydrogen) atoms. The van der Waals surface area contributed by atoms with Gasteiger partial charge in [0.25, 0.3) is 0 Å². The van der Waals surface area contributed by atoms with Gasteiger partial charge in [-0.2, -0.15) is 0 Å². The Kier molecular flexibility index (Phi) is 4.24. The van der Waals surface area contributed by atoms with Crippen LogP contribution in [0.2, 0.25) is 0 Å². The summed E-state index contributed by atoms with van der Waals surface area (Å²) in [5.41, 5.74) is 0.170. The molecule has 0 amide bonds. The third-order valence-electron chi connectivity index (χ3n) is 3.38. The number of halogens is 3. The standard InChI is InChI=1S/C13H16F3NO/c1-17-11(6-8-4-5-18-7-8)9-2-3-10(14)13(16)12(9)15/h2-3,8,11,17H,4-7H2,1H3. The van der Waals surface area contributed by atoms with Crippen molar-refractivity contribution < 1.29 is 17.9 Å². The molecule has 2 rings (SSSR count). The second-order valence-corrected chi connectivity index (χ2v) is 4.57. The smallest absolute Gasteiger partial charge is 0.194 e. The van der Waals surface area contributed by atoms with Crippen molar-refractivity contribution in [3.63, 3.8) is 0 Å². The van der Waals surface area contributed by atoms with E-state index < -0.39 is 17.5 Å². The highest BCUT2D eigenvalue weighted by atomic mass is 19.2. The van der Waals surface area contributed by atoms with Crippen molar-refractivity contribution in [3.8, 4) is 0 Å². The van der Waals surface area contributed by atoms with E-state index in [2.05, 4.69) is 5.32 Å². The number of hydrogen-bond donors (Lipinski definition) is 1. The van der Waals surface area contributed by atoms with E-state index in [1.54, 1.807) is 7.05 Å². The van der Waals surface area contributed by atoms with E-state index in [9.17, 15) is 13.2 Å². The average Bonchev–Trinajstić information content (AvgIpc) is 2.87. The Morgan fingerprint density at radius 3 is 2.72 bits per heavy atom. The molecule has 2 atom stereocenters. The summed E-state index contributed by atoms with van der Waals surface area (Å²) in [4.78, 5) is 0. The molecule has 2 nitrogen and oxygen atoms in total. The molecule has 5 heteroatoms. The Balaban J connectivity index is 2.18. The SMILES string of the molecule is CNC(CC1CCOC1)c1ccc(F)c(F)c1F. The molecule has 1 aliphatic rings. The van der Waals surface area contributed by atoms with Crippen molar-refractivity contribution >= 4 is 0 Å². The van der Waals surface area contributed by atoms with Gasteiger partial charge in [-0.05, 0) is 31.9 Å². The number of rotatable bonds is 4. The molecule has 100 valence electrons. The quantitative estimate of drug-likeness (QED) is 0.839. The van der Waals surface area contributed by atoms with Gasteiger partial charge in [0.05, 0.1) is 0 Å². The first-order valence-electron chi connectivity index (χ1n) is 6.02. The average molecular weight is 259 g/mol. The van der Waals surface area contributed by atoms with Crippen LogP contribution in [0.1, 0.15) is 24.4 Å². The first kappa shape index (κ1) is 13.4. The van der Waals surface area contributed by atoms with Gasteiger partial charge in [0.2, 0.25) is 0 Å². The summed E-state index contributed by atoms with van der Waals surface area (Å²) in [5.74, 6) is -3.34. The molecule has 0 bridgehead atoms. The highest BCUT2D eigenvalue weighted by Crippen LogP contribution is 2.29. The number of nitrogens with one attached hydrogen (secondary N) is 1. The van der Waals surface area contributed by atoms with Crippen LogP contribution in [0.4, 0.5) is 13.2 Å². The van der Waals surface area contributed by atoms with Gasteiger partial charge in [-0.1, -0.05) is 6.07 Å². The van der Waals surface area contributed by atoms with Crippen molar-refractivity contribution in [1.29, 1.82) is 0 Å². The van der Waals surface area contributed by atoms with E-state index in [1.807, 2.05) is 0 Å². The van der Waals surface area contributed by atoms with Gasteiger partial charge in [-0.15, -0.1) is 0 Å². The summed E-state index contributed by atoms with van der Waals surface area (Å²) in [6, 6.07) is 1.93. The predicted molar refractivity (Wildman–Crippen MR) is 61.7 cm³/mol. The maximum Gasteiger partial charge on any atom is 0.194 e. The monoisotopic (exact) mass is 259 g/mol. The van der Waals surface area contributed by atoms with Crippen LogP contribution in [0, 0.1) is 23.4 Å². The molecule has 1 aromatic rings. The van der Waals surface area contributed by atoms with Gasteiger partial charge < -0.3 is 10.1 Å². The lowest BCUT2D eigenvalue weighted by Gasteiger charge is -2.20. The van der Waals surface area contributed by atoms with Crippen LogP contribution in [0.15, 0.2) is 12.1 Å². The van der Waals surface area contributed by atoms with E-state index in [4.69, 9.17) is 4.74 Å². The first-order valence-corrected chi connectivity index (χ1v) is 6.02. The van der Waals surface area contributed by atoms with Gasteiger partial charge in [0, 0.05) is 24.8 Å². The zero-order chi connectivity index (χ0) is 13.1. The number of ether oxygens (including phenoxy) is 1. The van der Waals surface area contributed by atoms with Gasteiger partial charge in [-0.3, -0.25) is 0 Å². The van der Waals surface area contributed by atoms with Crippen LogP contribution in [0.25, 0.3) is 0 Å². The summed E-state index contributed by atoms with van der Waals surface area (Å²) in [6.45, 7) is 1.35. The molecule has 0 saturated carbocycles. The molecular weight excluding hydrogens is 243 g/mol. The molecule has 1 fully saturated rings. The number of benzene rings is 1. The number of hydrogen-bond acceptors (Lipinski definition) is 2. The Hall–Kier alpha value is -1.07. The van der Waals surface area contributed by atoms with Crippen LogP contribution in [-0.4, -0.2) is 20.3 Å². The third-order valence-corrected chi connectivity index (χ3v) is 3.38. The minimum absolute atomic E-state index is 0.170. The van der Waals surface area contributed by atoms with Crippen molar-refractivity contribution in [1.82, 2.24) is 5.32 Å². The van der Waals surface area contributed by atoms with Crippen LogP contribution >= 0.6 is 0 Å². The fraction of sp³-hybridized carbons (Fsp3) is 0.538. The normalized spacial score (nSPS) is 21.2. The van der Waals surface area contributed by atoms with Gasteiger partial charge in [-0.25, -0.2) is 13.2 Å². The van der Waals surface area contributed by atoms with Gasteiger partial charge >= 0.3 is 0 Å². The minimum atomic E-state index is -1.41. The lowest BCUT2D eigenvalue weighted by molar-refractivity contribution is 0.181. The van der Waals surface area contributed by atoms with E-state index in [-0.39, 0.29) is 11.6 Å². The molecule has 1 saturated heterocycles. The zero-order valence-corrected chi connectivity index (χ0v) is 10.2. The minimum Gasteiger partial charge on any atom is -0.381 e. The molecule has 2 unspecified atom stereocenters. The highest BCUT2D eigenvalue weighted by molar-refractivity contribution is 5.23. The van der Waals surface area contributed by atoms with Crippen LogP contribution < -0.4 is 5.32 Å². The van der Waals surface area contributed by atoms with Crippen molar-refractivity contribution in [2.45, 2.75) is 18.9 Å². The molecule has 0 aliphatic carbocycles. The maximum atomic E-state index is 13.7. The third kappa shape index (κ3) is 2.67. The van der Waals surface area contributed by atoms with Crippen LogP contribution in [0.3, 0.4) is 0 Å². The summed E-state index contributed by atoms with van der Waals surface area (Å²) < 4.78 is 45.0. The molecule has 1 aliphatic heterocycles. The summed E-state index contributed by atoms with van der Waals surface area (Å²) in [5, 5.41) is 2.95. The molecule has 0 spiro atoms. The Morgan fingerprint density at radius 2 is 2.11 bits per heavy atom. The zero-order valence-electron chi connectivity index (χ0n) is 10.2. The fourth-order valence-electron chi connectivity index (χ4n) is 2.31. The second kappa shape index (κ2) is 5.71. The Bertz CT molecular complexity index is 419. The summed E-state index contributed by atoms with van der Waals surface area (Å²) in [6.07, 6.45) is 1.57. The highest BCUT2D eigenvalue weighted by Gasteiger charge is 2.24. The lowest BCUT2D eigenvalue weighted by Crippen LogP contribution is -2.22. The molecule has 1 heterocycles. The molecule has 0 radical (unpaired) electrons. The summed E-state index contributed by atoms with van der Waals surface area (Å²) >= 11 is 0. The van der Waals surface area contributed by atoms with E-state index >= 15 is 0 Å². The molecule has 0 aromatic heterocycles. The van der Waals surface area contributed by atoms with Crippen molar-refractivity contribution in [3.05, 3.63) is 35.1 Å². The van der Waals surface area contributed by atoms with Gasteiger partial charge in [0.1, 0.15) is 0 Å². The summed E-state index contributed by atoms with van der Waals surface area (Å²) in [7, 11) is 1.68. The molecule has 1 N–H and O–H groups in total. The van der Waals surface area contributed by atoms with Crippen LogP contribution in [0.5, 0.6) is 0 Å². The first-order chi connectivity index (χ1) is 8.63. The Morgan fingerprint density at radius 1 is 1.33 bits per heavy atom. The van der Waals surface area contributed by atoms with E-state index in [0.29, 0.717) is 25.6 Å². The largest absolute Gasteiger partial charge is 0.381 e. The van der Waals surface area contributed by atoms with Crippen LogP contribution in [-0.2, 0) is 4.74 Å². The van der Waals surface area contributed by atoms with Gasteiger partial charge in [0.15, 0.2) is 17.5 Å². The fourth-order valence-corrected chi connectivity index (χ4v) is 2.31. The van der Waals surface area contributed by atoms with Crippen molar-refractivity contribution in [2.75, 3.05) is 20.3 Å². The van der Waals surface area contributed by atoms with Crippen molar-refractivity contribution in [2.24, 2.45) is 5.92 Å².